The lowest BCUT2D eigenvalue weighted by atomic mass is 10.2. The third kappa shape index (κ3) is 3.26. The Balaban J connectivity index is 1.90. The molecule has 1 saturated heterocycles. The van der Waals surface area contributed by atoms with Gasteiger partial charge in [-0.2, -0.15) is 0 Å². The van der Waals surface area contributed by atoms with Crippen molar-refractivity contribution in [3.63, 3.8) is 0 Å². The lowest BCUT2D eigenvalue weighted by Crippen LogP contribution is -2.17. The Morgan fingerprint density at radius 1 is 1.24 bits per heavy atom. The Kier molecular flexibility index (Phi) is 4.08. The Hall–Kier alpha value is -1.44. The fourth-order valence-corrected chi connectivity index (χ4v) is 2.12. The lowest BCUT2D eigenvalue weighted by Gasteiger charge is -2.18. The van der Waals surface area contributed by atoms with Gasteiger partial charge in [0, 0.05) is 31.0 Å². The Labute approximate surface area is 104 Å². The molecule has 17 heavy (non-hydrogen) atoms. The van der Waals surface area contributed by atoms with E-state index >= 15 is 0 Å². The van der Waals surface area contributed by atoms with E-state index in [0.29, 0.717) is 0 Å². The molecule has 0 radical (unpaired) electrons. The highest BCUT2D eigenvalue weighted by atomic mass is 15.1. The molecule has 1 aliphatic heterocycles. The molecule has 1 aromatic rings. The highest BCUT2D eigenvalue weighted by Crippen LogP contribution is 2.22. The van der Waals surface area contributed by atoms with Crippen molar-refractivity contribution in [3.8, 4) is 0 Å². The molecule has 2 nitrogen and oxygen atoms in total. The van der Waals surface area contributed by atoms with Crippen molar-refractivity contribution in [2.75, 3.05) is 29.9 Å². The van der Waals surface area contributed by atoms with Crippen LogP contribution >= 0.6 is 0 Å². The maximum absolute atomic E-state index is 4.00. The van der Waals surface area contributed by atoms with Crippen LogP contribution in [0.15, 0.2) is 36.4 Å². The van der Waals surface area contributed by atoms with Crippen LogP contribution in [0.2, 0.25) is 0 Å². The predicted octanol–water partition coefficient (Wildman–Crippen LogP) is 3.66. The van der Waals surface area contributed by atoms with E-state index in [1.165, 1.54) is 42.9 Å². The Bertz CT molecular complexity index is 361. The van der Waals surface area contributed by atoms with Gasteiger partial charge in [-0.15, -0.1) is 0 Å². The molecule has 0 amide bonds. The van der Waals surface area contributed by atoms with E-state index in [2.05, 4.69) is 48.0 Å². The number of hydrogen-bond donors (Lipinski definition) is 1. The van der Waals surface area contributed by atoms with Crippen LogP contribution in [0, 0.1) is 0 Å². The molecule has 0 aromatic heterocycles. The van der Waals surface area contributed by atoms with E-state index in [1.807, 2.05) is 0 Å². The van der Waals surface area contributed by atoms with Gasteiger partial charge in [0.05, 0.1) is 0 Å². The van der Waals surface area contributed by atoms with Crippen LogP contribution in [0.1, 0.15) is 26.2 Å². The van der Waals surface area contributed by atoms with Crippen molar-refractivity contribution in [3.05, 3.63) is 36.4 Å². The molecule has 2 rings (SSSR count). The summed E-state index contributed by atoms with van der Waals surface area (Å²) in [6, 6.07) is 8.75. The summed E-state index contributed by atoms with van der Waals surface area (Å²) in [7, 11) is 0. The number of benzene rings is 1. The van der Waals surface area contributed by atoms with Crippen LogP contribution in [0.3, 0.4) is 0 Å². The summed E-state index contributed by atoms with van der Waals surface area (Å²) in [5.74, 6) is 0. The maximum atomic E-state index is 4.00. The van der Waals surface area contributed by atoms with Crippen molar-refractivity contribution < 1.29 is 0 Å². The van der Waals surface area contributed by atoms with Crippen LogP contribution in [0.25, 0.3) is 0 Å². The maximum Gasteiger partial charge on any atom is 0.0367 e. The first-order chi connectivity index (χ1) is 8.29. The lowest BCUT2D eigenvalue weighted by molar-refractivity contribution is 0.949. The van der Waals surface area contributed by atoms with Crippen LogP contribution in [0.5, 0.6) is 0 Å². The molecule has 92 valence electrons. The highest BCUT2D eigenvalue weighted by molar-refractivity contribution is 5.55. The fourth-order valence-electron chi connectivity index (χ4n) is 2.12. The summed E-state index contributed by atoms with van der Waals surface area (Å²) in [4.78, 5) is 2.45. The Morgan fingerprint density at radius 3 is 2.47 bits per heavy atom. The summed E-state index contributed by atoms with van der Waals surface area (Å²) >= 11 is 0. The van der Waals surface area contributed by atoms with Crippen LogP contribution < -0.4 is 10.2 Å². The largest absolute Gasteiger partial charge is 0.381 e. The molecule has 0 saturated carbocycles. The number of anilines is 2. The summed E-state index contributed by atoms with van der Waals surface area (Å²) in [5.41, 5.74) is 3.78. The van der Waals surface area contributed by atoms with Gasteiger partial charge in [-0.1, -0.05) is 19.1 Å². The van der Waals surface area contributed by atoms with E-state index in [1.54, 1.807) is 0 Å². The molecule has 0 spiro atoms. The summed E-state index contributed by atoms with van der Waals surface area (Å²) < 4.78 is 0. The molecular formula is C15H22N2. The third-order valence-corrected chi connectivity index (χ3v) is 3.38. The first-order valence-corrected chi connectivity index (χ1v) is 6.55. The second kappa shape index (κ2) is 5.76. The van der Waals surface area contributed by atoms with Crippen LogP contribution in [-0.4, -0.2) is 19.6 Å². The second-order valence-electron chi connectivity index (χ2n) is 4.70. The van der Waals surface area contributed by atoms with E-state index in [4.69, 9.17) is 0 Å². The number of hydrogen-bond acceptors (Lipinski definition) is 2. The first kappa shape index (κ1) is 12.0. The van der Waals surface area contributed by atoms with Crippen molar-refractivity contribution >= 4 is 11.4 Å². The third-order valence-electron chi connectivity index (χ3n) is 3.38. The van der Waals surface area contributed by atoms with Gasteiger partial charge >= 0.3 is 0 Å². The molecule has 0 atom stereocenters. The van der Waals surface area contributed by atoms with Gasteiger partial charge in [0.25, 0.3) is 0 Å². The van der Waals surface area contributed by atoms with Crippen LogP contribution in [-0.2, 0) is 0 Å². The SMILES string of the molecule is C=C(CC)CNc1ccc(N2CCCC2)cc1. The zero-order valence-corrected chi connectivity index (χ0v) is 10.7. The molecular weight excluding hydrogens is 208 g/mol. The van der Waals surface area contributed by atoms with E-state index < -0.39 is 0 Å². The number of nitrogens with one attached hydrogen (secondary N) is 1. The van der Waals surface area contributed by atoms with Crippen molar-refractivity contribution in [2.45, 2.75) is 26.2 Å². The second-order valence-corrected chi connectivity index (χ2v) is 4.70. The molecule has 0 bridgehead atoms. The monoisotopic (exact) mass is 230 g/mol. The van der Waals surface area contributed by atoms with Gasteiger partial charge in [0.1, 0.15) is 0 Å². The molecule has 1 aromatic carbocycles. The van der Waals surface area contributed by atoms with E-state index in [0.717, 1.165) is 13.0 Å². The normalized spacial score (nSPS) is 15.0. The quantitative estimate of drug-likeness (QED) is 0.776. The van der Waals surface area contributed by atoms with Gasteiger partial charge in [0.2, 0.25) is 0 Å². The standard InChI is InChI=1S/C15H22N2/c1-3-13(2)12-16-14-6-8-15(9-7-14)17-10-4-5-11-17/h6-9,16H,2-5,10-12H2,1H3. The minimum absolute atomic E-state index is 0.875. The van der Waals surface area contributed by atoms with Crippen LogP contribution in [0.4, 0.5) is 11.4 Å². The first-order valence-electron chi connectivity index (χ1n) is 6.55. The molecule has 1 heterocycles. The summed E-state index contributed by atoms with van der Waals surface area (Å²) in [6.07, 6.45) is 3.70. The molecule has 1 fully saturated rings. The average Bonchev–Trinajstić information content (AvgIpc) is 2.90. The van der Waals surface area contributed by atoms with Gasteiger partial charge in [0.15, 0.2) is 0 Å². The number of rotatable bonds is 5. The molecule has 1 N–H and O–H groups in total. The summed E-state index contributed by atoms with van der Waals surface area (Å²) in [5, 5.41) is 3.40. The van der Waals surface area contributed by atoms with E-state index in [9.17, 15) is 0 Å². The average molecular weight is 230 g/mol. The van der Waals surface area contributed by atoms with E-state index in [-0.39, 0.29) is 0 Å². The fraction of sp³-hybridized carbons (Fsp3) is 0.467. The molecule has 2 heteroatoms. The van der Waals surface area contributed by atoms with Crippen molar-refractivity contribution in [1.29, 1.82) is 0 Å². The van der Waals surface area contributed by atoms with Gasteiger partial charge < -0.3 is 10.2 Å². The zero-order chi connectivity index (χ0) is 12.1. The highest BCUT2D eigenvalue weighted by Gasteiger charge is 2.11. The number of nitrogens with zero attached hydrogens (tertiary/aromatic N) is 1. The molecule has 0 unspecified atom stereocenters. The predicted molar refractivity (Wildman–Crippen MR) is 75.8 cm³/mol. The van der Waals surface area contributed by atoms with Crippen molar-refractivity contribution in [1.82, 2.24) is 0 Å². The van der Waals surface area contributed by atoms with Gasteiger partial charge in [-0.05, 0) is 43.5 Å². The molecule has 0 aliphatic carbocycles. The van der Waals surface area contributed by atoms with Gasteiger partial charge in [-0.25, -0.2) is 0 Å². The topological polar surface area (TPSA) is 15.3 Å². The summed E-state index contributed by atoms with van der Waals surface area (Å²) in [6.45, 7) is 9.43. The zero-order valence-electron chi connectivity index (χ0n) is 10.7. The molecule has 1 aliphatic rings. The minimum atomic E-state index is 0.875. The minimum Gasteiger partial charge on any atom is -0.381 e. The smallest absolute Gasteiger partial charge is 0.0367 e. The van der Waals surface area contributed by atoms with Crippen molar-refractivity contribution in [2.24, 2.45) is 0 Å². The Morgan fingerprint density at radius 2 is 1.88 bits per heavy atom. The van der Waals surface area contributed by atoms with Gasteiger partial charge in [-0.3, -0.25) is 0 Å².